The van der Waals surface area contributed by atoms with E-state index in [1.807, 2.05) is 12.1 Å². The first-order valence-electron chi connectivity index (χ1n) is 20.5. The molecule has 0 saturated heterocycles. The number of rotatable bonds is 8. The molecule has 0 unspecified atom stereocenters. The van der Waals surface area contributed by atoms with Gasteiger partial charge in [-0.05, 0) is 75.3 Å². The van der Waals surface area contributed by atoms with Crippen LogP contribution in [-0.4, -0.2) is 9.97 Å². The maximum atomic E-state index is 5.28. The smallest absolute Gasteiger partial charge is 0.160 e. The first-order valence-corrected chi connectivity index (χ1v) is 20.5. The van der Waals surface area contributed by atoms with E-state index in [1.54, 1.807) is 0 Å². The number of hydrogen-bond donors (Lipinski definition) is 0. The van der Waals surface area contributed by atoms with E-state index in [4.69, 9.17) is 9.97 Å². The number of fused-ring (bicyclic) bond motifs is 4. The van der Waals surface area contributed by atoms with E-state index in [0.717, 1.165) is 44.8 Å². The molecule has 0 bridgehead atoms. The van der Waals surface area contributed by atoms with Crippen molar-refractivity contribution in [2.45, 2.75) is 5.41 Å². The van der Waals surface area contributed by atoms with Crippen molar-refractivity contribution in [1.82, 2.24) is 9.97 Å². The highest BCUT2D eigenvalue weighted by atomic mass is 15.1. The van der Waals surface area contributed by atoms with Crippen molar-refractivity contribution in [2.24, 2.45) is 0 Å². The van der Waals surface area contributed by atoms with Crippen molar-refractivity contribution in [1.29, 1.82) is 0 Å². The zero-order valence-electron chi connectivity index (χ0n) is 32.9. The summed E-state index contributed by atoms with van der Waals surface area (Å²) in [6.07, 6.45) is 0. The highest BCUT2D eigenvalue weighted by Crippen LogP contribution is 2.59. The van der Waals surface area contributed by atoms with Gasteiger partial charge in [0.05, 0.1) is 22.3 Å². The van der Waals surface area contributed by atoms with Crippen LogP contribution in [0.2, 0.25) is 0 Å². The highest BCUT2D eigenvalue weighted by molar-refractivity contribution is 5.98. The molecule has 10 aromatic rings. The molecule has 3 heteroatoms. The molecule has 0 spiro atoms. The molecule has 1 aromatic heterocycles. The minimum atomic E-state index is -0.526. The van der Waals surface area contributed by atoms with E-state index in [9.17, 15) is 0 Å². The van der Waals surface area contributed by atoms with Gasteiger partial charge in [0.15, 0.2) is 5.82 Å². The van der Waals surface area contributed by atoms with Gasteiger partial charge in [-0.15, -0.1) is 0 Å². The summed E-state index contributed by atoms with van der Waals surface area (Å²) in [7, 11) is 0. The van der Waals surface area contributed by atoms with Gasteiger partial charge in [0.25, 0.3) is 0 Å². The summed E-state index contributed by atoms with van der Waals surface area (Å²) in [4.78, 5) is 12.9. The molecule has 0 amide bonds. The van der Waals surface area contributed by atoms with E-state index >= 15 is 0 Å². The fourth-order valence-corrected chi connectivity index (χ4v) is 9.33. The molecule has 3 nitrogen and oxygen atoms in total. The molecule has 0 radical (unpaired) electrons. The summed E-state index contributed by atoms with van der Waals surface area (Å²) in [5, 5.41) is 1.03. The number of nitrogens with zero attached hydrogens (tertiary/aromatic N) is 3. The lowest BCUT2D eigenvalue weighted by Gasteiger charge is -2.34. The number of para-hydroxylation sites is 1. The Morgan fingerprint density at radius 1 is 0.367 bits per heavy atom. The monoisotopic (exact) mass is 765 g/mol. The van der Waals surface area contributed by atoms with Crippen LogP contribution >= 0.6 is 0 Å². The first kappa shape index (κ1) is 35.3. The van der Waals surface area contributed by atoms with Gasteiger partial charge >= 0.3 is 0 Å². The third-order valence-corrected chi connectivity index (χ3v) is 11.9. The van der Waals surface area contributed by atoms with Gasteiger partial charge in [-0.2, -0.15) is 0 Å². The molecule has 0 atom stereocenters. The number of hydrogen-bond acceptors (Lipinski definition) is 3. The van der Waals surface area contributed by atoms with Crippen molar-refractivity contribution in [3.05, 3.63) is 259 Å². The van der Waals surface area contributed by atoms with E-state index in [1.165, 1.54) is 44.5 Å². The van der Waals surface area contributed by atoms with Gasteiger partial charge in [0.1, 0.15) is 0 Å². The SMILES string of the molecule is c1ccc(-c2ccc(N(c3cccc(-c4nc(-c5ccccc5)c5ccccc5n4)c3)c3cccc4c3-c3ccccc3C4(c3ccccc3)c3ccccc3)cc2)cc1. The molecule has 60 heavy (non-hydrogen) atoms. The number of benzene rings is 9. The Morgan fingerprint density at radius 2 is 0.917 bits per heavy atom. The van der Waals surface area contributed by atoms with Crippen molar-refractivity contribution < 1.29 is 0 Å². The molecule has 282 valence electrons. The second-order valence-corrected chi connectivity index (χ2v) is 15.3. The molecule has 11 rings (SSSR count). The van der Waals surface area contributed by atoms with Crippen molar-refractivity contribution in [3.63, 3.8) is 0 Å². The lowest BCUT2D eigenvalue weighted by Crippen LogP contribution is -2.28. The quantitative estimate of drug-likeness (QED) is 0.154. The topological polar surface area (TPSA) is 29.0 Å². The lowest BCUT2D eigenvalue weighted by atomic mass is 9.68. The second-order valence-electron chi connectivity index (χ2n) is 15.3. The largest absolute Gasteiger partial charge is 0.310 e. The molecule has 1 heterocycles. The summed E-state index contributed by atoms with van der Waals surface area (Å²) < 4.78 is 0. The molecule has 9 aromatic carbocycles. The Bertz CT molecular complexity index is 3090. The van der Waals surface area contributed by atoms with Crippen LogP contribution in [0.25, 0.3) is 55.8 Å². The molecule has 1 aliphatic rings. The van der Waals surface area contributed by atoms with Crippen LogP contribution in [0.5, 0.6) is 0 Å². The second kappa shape index (κ2) is 14.8. The minimum Gasteiger partial charge on any atom is -0.310 e. The third-order valence-electron chi connectivity index (χ3n) is 11.9. The third kappa shape index (κ3) is 5.82. The van der Waals surface area contributed by atoms with Gasteiger partial charge in [0.2, 0.25) is 0 Å². The molecule has 0 aliphatic heterocycles. The molecular formula is C57H39N3. The molecule has 0 saturated carbocycles. The first-order chi connectivity index (χ1) is 29.8. The van der Waals surface area contributed by atoms with E-state index < -0.39 is 5.41 Å². The van der Waals surface area contributed by atoms with E-state index in [0.29, 0.717) is 5.82 Å². The van der Waals surface area contributed by atoms with Crippen molar-refractivity contribution in [3.8, 4) is 44.9 Å². The standard InChI is InChI=1S/C57H39N3/c1-5-19-40(20-6-1)41-35-37-46(38-36-41)60(47-28-17-23-43(39-47)56-58-52-33-16-14-30-49(52)55(59-56)42-21-7-2-8-22-42)53-34-18-32-51-54(53)48-29-13-15-31-50(48)57(51,44-24-9-3-10-25-44)45-26-11-4-12-27-45/h1-39H. The average Bonchev–Trinajstić information content (AvgIpc) is 3.64. The van der Waals surface area contributed by atoms with Crippen LogP contribution in [0.3, 0.4) is 0 Å². The molecule has 1 aliphatic carbocycles. The molecule has 0 N–H and O–H groups in total. The van der Waals surface area contributed by atoms with Crippen LogP contribution in [0.15, 0.2) is 237 Å². The predicted molar refractivity (Wildman–Crippen MR) is 248 cm³/mol. The van der Waals surface area contributed by atoms with Gasteiger partial charge in [0, 0.05) is 33.5 Å². The van der Waals surface area contributed by atoms with Crippen molar-refractivity contribution >= 4 is 28.0 Å². The Hall–Kier alpha value is -7.88. The Morgan fingerprint density at radius 3 is 1.63 bits per heavy atom. The van der Waals surface area contributed by atoms with Crippen LogP contribution in [-0.2, 0) is 5.41 Å². The van der Waals surface area contributed by atoms with Crippen LogP contribution < -0.4 is 4.90 Å². The average molecular weight is 766 g/mol. The Kier molecular flexibility index (Phi) is 8.71. The Balaban J connectivity index is 1.15. The lowest BCUT2D eigenvalue weighted by molar-refractivity contribution is 0.768. The molecule has 0 fully saturated rings. The van der Waals surface area contributed by atoms with Gasteiger partial charge < -0.3 is 4.90 Å². The van der Waals surface area contributed by atoms with Gasteiger partial charge in [-0.25, -0.2) is 9.97 Å². The van der Waals surface area contributed by atoms with Crippen LogP contribution in [0.4, 0.5) is 17.1 Å². The van der Waals surface area contributed by atoms with Crippen LogP contribution in [0.1, 0.15) is 22.3 Å². The predicted octanol–water partition coefficient (Wildman–Crippen LogP) is 14.5. The number of aromatic nitrogens is 2. The summed E-state index contributed by atoms with van der Waals surface area (Å²) >= 11 is 0. The van der Waals surface area contributed by atoms with Crippen molar-refractivity contribution in [2.75, 3.05) is 4.90 Å². The number of anilines is 3. The summed E-state index contributed by atoms with van der Waals surface area (Å²) in [6, 6.07) is 84.7. The normalized spacial score (nSPS) is 12.5. The summed E-state index contributed by atoms with van der Waals surface area (Å²) in [5.74, 6) is 0.685. The molecular weight excluding hydrogens is 727 g/mol. The fourth-order valence-electron chi connectivity index (χ4n) is 9.33. The summed E-state index contributed by atoms with van der Waals surface area (Å²) in [5.41, 5.74) is 16.3. The maximum absolute atomic E-state index is 5.28. The maximum Gasteiger partial charge on any atom is 0.160 e. The highest BCUT2D eigenvalue weighted by Gasteiger charge is 2.47. The van der Waals surface area contributed by atoms with E-state index in [-0.39, 0.29) is 0 Å². The fraction of sp³-hybridized carbons (Fsp3) is 0.0175. The summed E-state index contributed by atoms with van der Waals surface area (Å²) in [6.45, 7) is 0. The van der Waals surface area contributed by atoms with Gasteiger partial charge in [-0.1, -0.05) is 200 Å². The minimum absolute atomic E-state index is 0.526. The van der Waals surface area contributed by atoms with Crippen LogP contribution in [0, 0.1) is 0 Å². The van der Waals surface area contributed by atoms with E-state index in [2.05, 4.69) is 229 Å². The zero-order chi connectivity index (χ0) is 39.9. The van der Waals surface area contributed by atoms with Gasteiger partial charge in [-0.3, -0.25) is 0 Å². The Labute approximate surface area is 350 Å². The zero-order valence-corrected chi connectivity index (χ0v) is 32.9.